The second kappa shape index (κ2) is 4.92. The van der Waals surface area contributed by atoms with Crippen LogP contribution in [0.1, 0.15) is 11.3 Å². The molecule has 2 aromatic rings. The minimum absolute atomic E-state index is 0.704. The Bertz CT molecular complexity index is 549. The molecule has 0 saturated carbocycles. The van der Waals surface area contributed by atoms with Crippen molar-refractivity contribution in [1.82, 2.24) is 9.97 Å². The molecular formula is C11H11BrClN3S. The fraction of sp³-hybridized carbons (Fsp3) is 0.273. The van der Waals surface area contributed by atoms with Crippen molar-refractivity contribution in [3.05, 3.63) is 26.1 Å². The minimum Gasteiger partial charge on any atom is -0.373 e. The van der Waals surface area contributed by atoms with Crippen LogP contribution in [0.5, 0.6) is 0 Å². The van der Waals surface area contributed by atoms with E-state index in [1.807, 2.05) is 27.0 Å². The Morgan fingerprint density at radius 2 is 2.06 bits per heavy atom. The van der Waals surface area contributed by atoms with Crippen molar-refractivity contribution in [2.24, 2.45) is 0 Å². The molecule has 1 N–H and O–H groups in total. The Kier molecular flexibility index (Phi) is 3.70. The summed E-state index contributed by atoms with van der Waals surface area (Å²) in [5.74, 6) is 1.56. The molecule has 0 amide bonds. The molecule has 17 heavy (non-hydrogen) atoms. The van der Waals surface area contributed by atoms with Crippen LogP contribution in [0.15, 0.2) is 10.5 Å². The SMILES string of the molecule is CNc1nc(-c2cc(Br)c(Cl)s2)nc(C)c1C. The van der Waals surface area contributed by atoms with Gasteiger partial charge in [-0.25, -0.2) is 9.97 Å². The molecule has 0 fully saturated rings. The maximum Gasteiger partial charge on any atom is 0.171 e. The lowest BCUT2D eigenvalue weighted by molar-refractivity contribution is 1.07. The Morgan fingerprint density at radius 3 is 2.59 bits per heavy atom. The van der Waals surface area contributed by atoms with Gasteiger partial charge < -0.3 is 5.32 Å². The monoisotopic (exact) mass is 331 g/mol. The largest absolute Gasteiger partial charge is 0.373 e. The molecule has 0 unspecified atom stereocenters. The van der Waals surface area contributed by atoms with E-state index >= 15 is 0 Å². The fourth-order valence-corrected chi connectivity index (χ4v) is 3.08. The number of aryl methyl sites for hydroxylation is 1. The third kappa shape index (κ3) is 2.46. The lowest BCUT2D eigenvalue weighted by Crippen LogP contribution is -2.02. The zero-order valence-corrected chi connectivity index (χ0v) is 12.8. The zero-order chi connectivity index (χ0) is 12.6. The van der Waals surface area contributed by atoms with E-state index in [4.69, 9.17) is 11.6 Å². The molecule has 2 aromatic heterocycles. The highest BCUT2D eigenvalue weighted by molar-refractivity contribution is 9.10. The molecule has 0 radical (unpaired) electrons. The van der Waals surface area contributed by atoms with E-state index < -0.39 is 0 Å². The zero-order valence-electron chi connectivity index (χ0n) is 9.64. The summed E-state index contributed by atoms with van der Waals surface area (Å²) in [5.41, 5.74) is 2.04. The third-order valence-electron chi connectivity index (χ3n) is 2.49. The predicted octanol–water partition coefficient (Wildman–Crippen LogP) is 4.28. The van der Waals surface area contributed by atoms with Crippen LogP contribution in [0.3, 0.4) is 0 Å². The van der Waals surface area contributed by atoms with Gasteiger partial charge in [0.05, 0.1) is 4.88 Å². The number of nitrogens with one attached hydrogen (secondary N) is 1. The van der Waals surface area contributed by atoms with Gasteiger partial charge in [0, 0.05) is 22.8 Å². The predicted molar refractivity (Wildman–Crippen MR) is 77.1 cm³/mol. The number of hydrogen-bond acceptors (Lipinski definition) is 4. The van der Waals surface area contributed by atoms with E-state index in [9.17, 15) is 0 Å². The van der Waals surface area contributed by atoms with E-state index in [1.165, 1.54) is 11.3 Å². The van der Waals surface area contributed by atoms with Crippen LogP contribution in [0.4, 0.5) is 5.82 Å². The molecule has 2 heterocycles. The summed E-state index contributed by atoms with van der Waals surface area (Å²) in [6, 6.07) is 1.94. The van der Waals surface area contributed by atoms with Crippen LogP contribution in [0, 0.1) is 13.8 Å². The Morgan fingerprint density at radius 1 is 1.35 bits per heavy atom. The molecule has 0 aliphatic rings. The molecule has 0 spiro atoms. The van der Waals surface area contributed by atoms with E-state index in [-0.39, 0.29) is 0 Å². The number of hydrogen-bond donors (Lipinski definition) is 1. The van der Waals surface area contributed by atoms with Gasteiger partial charge in [-0.15, -0.1) is 11.3 Å². The molecule has 2 rings (SSSR count). The number of nitrogens with zero attached hydrogens (tertiary/aromatic N) is 2. The lowest BCUT2D eigenvalue weighted by Gasteiger charge is -2.08. The summed E-state index contributed by atoms with van der Waals surface area (Å²) in [7, 11) is 1.86. The summed E-state index contributed by atoms with van der Waals surface area (Å²) in [6.07, 6.45) is 0. The molecule has 0 aliphatic heterocycles. The van der Waals surface area contributed by atoms with E-state index in [0.717, 1.165) is 26.4 Å². The van der Waals surface area contributed by atoms with Crippen LogP contribution in [-0.2, 0) is 0 Å². The van der Waals surface area contributed by atoms with Crippen LogP contribution in [0.2, 0.25) is 4.34 Å². The molecule has 0 aromatic carbocycles. The Labute approximate surface area is 117 Å². The van der Waals surface area contributed by atoms with Crippen molar-refractivity contribution < 1.29 is 0 Å². The fourth-order valence-electron chi connectivity index (χ4n) is 1.44. The third-order valence-corrected chi connectivity index (χ3v) is 4.96. The number of thiophene rings is 1. The number of halogens is 2. The molecule has 0 saturated heterocycles. The average Bonchev–Trinajstić information content (AvgIpc) is 2.63. The Balaban J connectivity index is 2.56. The van der Waals surface area contributed by atoms with Gasteiger partial charge in [0.15, 0.2) is 5.82 Å². The normalized spacial score (nSPS) is 10.6. The highest BCUT2D eigenvalue weighted by atomic mass is 79.9. The lowest BCUT2D eigenvalue weighted by atomic mass is 10.2. The van der Waals surface area contributed by atoms with Crippen LogP contribution < -0.4 is 5.32 Å². The summed E-state index contributed by atoms with van der Waals surface area (Å²) < 4.78 is 1.60. The van der Waals surface area contributed by atoms with Crippen molar-refractivity contribution in [1.29, 1.82) is 0 Å². The summed E-state index contributed by atoms with van der Waals surface area (Å²) in [4.78, 5) is 9.93. The van der Waals surface area contributed by atoms with Crippen LogP contribution in [-0.4, -0.2) is 17.0 Å². The molecule has 3 nitrogen and oxygen atoms in total. The van der Waals surface area contributed by atoms with Crippen molar-refractivity contribution >= 4 is 44.7 Å². The van der Waals surface area contributed by atoms with Gasteiger partial charge in [-0.1, -0.05) is 11.6 Å². The maximum atomic E-state index is 6.02. The Hall–Kier alpha value is -0.650. The average molecular weight is 333 g/mol. The second-order valence-corrected chi connectivity index (χ2v) is 6.10. The number of rotatable bonds is 2. The van der Waals surface area contributed by atoms with Crippen molar-refractivity contribution in [2.45, 2.75) is 13.8 Å². The van der Waals surface area contributed by atoms with Crippen molar-refractivity contribution in [2.75, 3.05) is 12.4 Å². The molecule has 6 heteroatoms. The van der Waals surface area contributed by atoms with Gasteiger partial charge in [-0.2, -0.15) is 0 Å². The quantitative estimate of drug-likeness (QED) is 0.892. The molecule has 0 aliphatic carbocycles. The topological polar surface area (TPSA) is 37.8 Å². The van der Waals surface area contributed by atoms with Crippen molar-refractivity contribution in [3.63, 3.8) is 0 Å². The van der Waals surface area contributed by atoms with Gasteiger partial charge >= 0.3 is 0 Å². The van der Waals surface area contributed by atoms with Gasteiger partial charge in [-0.3, -0.25) is 0 Å². The highest BCUT2D eigenvalue weighted by Gasteiger charge is 2.12. The first kappa shape index (κ1) is 12.8. The van der Waals surface area contributed by atoms with Gasteiger partial charge in [0.25, 0.3) is 0 Å². The van der Waals surface area contributed by atoms with Crippen molar-refractivity contribution in [3.8, 4) is 10.7 Å². The molecular weight excluding hydrogens is 322 g/mol. The van der Waals surface area contributed by atoms with E-state index in [0.29, 0.717) is 10.2 Å². The smallest absolute Gasteiger partial charge is 0.171 e. The summed E-state index contributed by atoms with van der Waals surface area (Å²) in [6.45, 7) is 3.98. The van der Waals surface area contributed by atoms with Crippen LogP contribution >= 0.6 is 38.9 Å². The first-order chi connectivity index (χ1) is 8.02. The van der Waals surface area contributed by atoms with E-state index in [2.05, 4.69) is 31.2 Å². The molecule has 0 bridgehead atoms. The molecule has 0 atom stereocenters. The van der Waals surface area contributed by atoms with Gasteiger partial charge in [0.1, 0.15) is 10.2 Å². The van der Waals surface area contributed by atoms with E-state index in [1.54, 1.807) is 0 Å². The summed E-state index contributed by atoms with van der Waals surface area (Å²) >= 11 is 10.9. The van der Waals surface area contributed by atoms with Gasteiger partial charge in [0.2, 0.25) is 0 Å². The number of aromatic nitrogens is 2. The maximum absolute atomic E-state index is 6.02. The highest BCUT2D eigenvalue weighted by Crippen LogP contribution is 2.37. The minimum atomic E-state index is 0.704. The standard InChI is InChI=1S/C11H11BrClN3S/c1-5-6(2)15-11(16-10(5)14-3)8-4-7(12)9(13)17-8/h4H,1-3H3,(H,14,15,16). The first-order valence-electron chi connectivity index (χ1n) is 5.01. The summed E-state index contributed by atoms with van der Waals surface area (Å²) in [5, 5.41) is 3.08. The van der Waals surface area contributed by atoms with Crippen LogP contribution in [0.25, 0.3) is 10.7 Å². The molecule has 90 valence electrons. The van der Waals surface area contributed by atoms with Gasteiger partial charge in [-0.05, 0) is 35.8 Å². The first-order valence-corrected chi connectivity index (χ1v) is 7.00. The number of anilines is 1. The second-order valence-electron chi connectivity index (χ2n) is 3.59.